The monoisotopic (exact) mass is 436 g/mol. The predicted molar refractivity (Wildman–Crippen MR) is 113 cm³/mol. The van der Waals surface area contributed by atoms with Gasteiger partial charge in [-0.1, -0.05) is 25.3 Å². The van der Waals surface area contributed by atoms with Gasteiger partial charge >= 0.3 is 0 Å². The van der Waals surface area contributed by atoms with Crippen molar-refractivity contribution in [2.75, 3.05) is 33.4 Å². The molecule has 3 fully saturated rings. The van der Waals surface area contributed by atoms with Crippen molar-refractivity contribution in [3.05, 3.63) is 29.8 Å². The molecule has 1 aliphatic carbocycles. The summed E-state index contributed by atoms with van der Waals surface area (Å²) in [6, 6.07) is 6.54. The second-order valence-corrected chi connectivity index (χ2v) is 10.6. The van der Waals surface area contributed by atoms with Gasteiger partial charge in [0.05, 0.1) is 18.1 Å². The van der Waals surface area contributed by atoms with Crippen LogP contribution in [-0.4, -0.2) is 69.2 Å². The molecule has 7 nitrogen and oxygen atoms in total. The lowest BCUT2D eigenvalue weighted by atomic mass is 9.95. The van der Waals surface area contributed by atoms with Gasteiger partial charge in [0.15, 0.2) is 6.29 Å². The third-order valence-electron chi connectivity index (χ3n) is 6.71. The molecule has 2 aliphatic heterocycles. The van der Waals surface area contributed by atoms with E-state index in [1.54, 1.807) is 25.2 Å². The number of hydrogen-bond acceptors (Lipinski definition) is 5. The van der Waals surface area contributed by atoms with Crippen molar-refractivity contribution in [2.24, 2.45) is 5.92 Å². The minimum atomic E-state index is -3.62. The molecule has 0 N–H and O–H groups in total. The molecule has 2 saturated heterocycles. The number of carbonyl (C=O) groups is 1. The molecule has 1 amide bonds. The number of benzene rings is 1. The van der Waals surface area contributed by atoms with Crippen molar-refractivity contribution < 1.29 is 22.7 Å². The molecule has 4 rings (SSSR count). The molecular formula is C22H32N2O5S. The first kappa shape index (κ1) is 21.7. The van der Waals surface area contributed by atoms with E-state index in [1.165, 1.54) is 16.8 Å². The molecule has 3 aliphatic rings. The zero-order valence-electron chi connectivity index (χ0n) is 17.7. The van der Waals surface area contributed by atoms with Gasteiger partial charge in [0, 0.05) is 37.7 Å². The minimum Gasteiger partial charge on any atom is -0.350 e. The van der Waals surface area contributed by atoms with E-state index < -0.39 is 10.0 Å². The third-order valence-corrected chi connectivity index (χ3v) is 8.61. The molecule has 1 aromatic carbocycles. The Balaban J connectivity index is 1.43. The summed E-state index contributed by atoms with van der Waals surface area (Å²) in [5.74, 6) is 0.200. The molecule has 0 bridgehead atoms. The quantitative estimate of drug-likeness (QED) is 0.709. The van der Waals surface area contributed by atoms with Crippen LogP contribution < -0.4 is 0 Å². The highest BCUT2D eigenvalue weighted by atomic mass is 32.2. The fourth-order valence-electron chi connectivity index (χ4n) is 4.80. The van der Waals surface area contributed by atoms with E-state index in [0.29, 0.717) is 37.8 Å². The maximum atomic E-state index is 13.1. The average Bonchev–Trinajstić information content (AvgIpc) is 3.34. The number of ether oxygens (including phenoxy) is 2. The summed E-state index contributed by atoms with van der Waals surface area (Å²) in [6.07, 6.45) is 6.62. The second-order valence-electron chi connectivity index (χ2n) is 8.58. The van der Waals surface area contributed by atoms with Gasteiger partial charge in [0.25, 0.3) is 5.91 Å². The number of likely N-dealkylation sites (tertiary alicyclic amines) is 1. The smallest absolute Gasteiger partial charge is 0.253 e. The Morgan fingerprint density at radius 1 is 1.03 bits per heavy atom. The Morgan fingerprint density at radius 3 is 2.37 bits per heavy atom. The maximum Gasteiger partial charge on any atom is 0.253 e. The van der Waals surface area contributed by atoms with E-state index >= 15 is 0 Å². The first-order valence-corrected chi connectivity index (χ1v) is 12.5. The normalized spacial score (nSPS) is 22.7. The molecule has 30 heavy (non-hydrogen) atoms. The molecule has 8 heteroatoms. The Kier molecular flexibility index (Phi) is 6.77. The van der Waals surface area contributed by atoms with Crippen molar-refractivity contribution in [1.82, 2.24) is 9.21 Å². The summed E-state index contributed by atoms with van der Waals surface area (Å²) in [6.45, 7) is 2.54. The first-order valence-electron chi connectivity index (χ1n) is 11.1. The van der Waals surface area contributed by atoms with Gasteiger partial charge < -0.3 is 14.4 Å². The predicted octanol–water partition coefficient (Wildman–Crippen LogP) is 2.86. The third kappa shape index (κ3) is 4.56. The van der Waals surface area contributed by atoms with Crippen molar-refractivity contribution in [3.63, 3.8) is 0 Å². The molecule has 0 radical (unpaired) electrons. The fourth-order valence-corrected chi connectivity index (χ4v) is 6.27. The lowest BCUT2D eigenvalue weighted by Crippen LogP contribution is -2.41. The number of rotatable bonds is 5. The van der Waals surface area contributed by atoms with Crippen molar-refractivity contribution in [2.45, 2.75) is 62.2 Å². The highest BCUT2D eigenvalue weighted by Crippen LogP contribution is 2.29. The van der Waals surface area contributed by atoms with Crippen molar-refractivity contribution in [1.29, 1.82) is 0 Å². The number of sulfonamides is 1. The van der Waals surface area contributed by atoms with Crippen LogP contribution in [0.15, 0.2) is 29.2 Å². The van der Waals surface area contributed by atoms with Gasteiger partial charge in [-0.05, 0) is 43.9 Å². The van der Waals surface area contributed by atoms with Gasteiger partial charge in [0.2, 0.25) is 10.0 Å². The Morgan fingerprint density at radius 2 is 1.70 bits per heavy atom. The molecule has 1 aromatic rings. The van der Waals surface area contributed by atoms with E-state index in [2.05, 4.69) is 0 Å². The van der Waals surface area contributed by atoms with Crippen LogP contribution >= 0.6 is 0 Å². The lowest BCUT2D eigenvalue weighted by molar-refractivity contribution is -0.0956. The van der Waals surface area contributed by atoms with E-state index in [4.69, 9.17) is 9.47 Å². The Labute approximate surface area is 179 Å². The van der Waals surface area contributed by atoms with Gasteiger partial charge in [-0.3, -0.25) is 4.79 Å². The Bertz CT molecular complexity index is 839. The molecular weight excluding hydrogens is 404 g/mol. The highest BCUT2D eigenvalue weighted by Gasteiger charge is 2.33. The summed E-state index contributed by atoms with van der Waals surface area (Å²) in [5, 5.41) is 0. The topological polar surface area (TPSA) is 76.2 Å². The van der Waals surface area contributed by atoms with E-state index in [1.807, 2.05) is 4.90 Å². The van der Waals surface area contributed by atoms with Crippen LogP contribution in [0.3, 0.4) is 0 Å². The zero-order chi connectivity index (χ0) is 21.1. The fraction of sp³-hybridized carbons (Fsp3) is 0.682. The molecule has 0 unspecified atom stereocenters. The summed E-state index contributed by atoms with van der Waals surface area (Å²) < 4.78 is 39.0. The average molecular weight is 437 g/mol. The Hall–Kier alpha value is -1.48. The number of hydrogen-bond donors (Lipinski definition) is 0. The van der Waals surface area contributed by atoms with Crippen LogP contribution in [0, 0.1) is 5.92 Å². The largest absolute Gasteiger partial charge is 0.350 e. The molecule has 2 heterocycles. The second kappa shape index (κ2) is 9.34. The summed E-state index contributed by atoms with van der Waals surface area (Å²) in [5.41, 5.74) is 0.430. The summed E-state index contributed by atoms with van der Waals surface area (Å²) >= 11 is 0. The minimum absolute atomic E-state index is 0.0437. The van der Waals surface area contributed by atoms with Gasteiger partial charge in [-0.15, -0.1) is 0 Å². The van der Waals surface area contributed by atoms with Crippen molar-refractivity contribution >= 4 is 15.9 Å². The number of piperidine rings is 1. The van der Waals surface area contributed by atoms with Crippen LogP contribution in [0.1, 0.15) is 55.3 Å². The highest BCUT2D eigenvalue weighted by molar-refractivity contribution is 7.89. The van der Waals surface area contributed by atoms with Crippen LogP contribution in [0.2, 0.25) is 0 Å². The van der Waals surface area contributed by atoms with E-state index in [9.17, 15) is 13.2 Å². The van der Waals surface area contributed by atoms with Crippen LogP contribution in [-0.2, 0) is 19.5 Å². The van der Waals surface area contributed by atoms with E-state index in [0.717, 1.165) is 38.5 Å². The van der Waals surface area contributed by atoms with Gasteiger partial charge in [-0.2, -0.15) is 4.31 Å². The van der Waals surface area contributed by atoms with Crippen LogP contribution in [0.25, 0.3) is 0 Å². The molecule has 0 aromatic heterocycles. The number of amides is 1. The SMILES string of the molecule is CN(C1CCCCC1)S(=O)(=O)c1cccc(C(=O)N2CCC(C3OCCO3)CC2)c1. The summed E-state index contributed by atoms with van der Waals surface area (Å²) in [7, 11) is -1.95. The molecule has 166 valence electrons. The van der Waals surface area contributed by atoms with Crippen molar-refractivity contribution in [3.8, 4) is 0 Å². The van der Waals surface area contributed by atoms with Gasteiger partial charge in [0.1, 0.15) is 0 Å². The molecule has 0 atom stereocenters. The molecule has 1 saturated carbocycles. The standard InChI is InChI=1S/C22H32N2O5S/c1-23(19-7-3-2-4-8-19)30(26,27)20-9-5-6-18(16-20)21(25)24-12-10-17(11-13-24)22-28-14-15-29-22/h5-6,9,16-17,19,22H,2-4,7-8,10-15H2,1H3. The zero-order valence-corrected chi connectivity index (χ0v) is 18.5. The molecule has 0 spiro atoms. The maximum absolute atomic E-state index is 13.1. The van der Waals surface area contributed by atoms with E-state index in [-0.39, 0.29) is 23.1 Å². The van der Waals surface area contributed by atoms with Crippen LogP contribution in [0.4, 0.5) is 0 Å². The summed E-state index contributed by atoms with van der Waals surface area (Å²) in [4.78, 5) is 15.0. The first-order chi connectivity index (χ1) is 14.5. The number of carbonyl (C=O) groups excluding carboxylic acids is 1. The number of nitrogens with zero attached hydrogens (tertiary/aromatic N) is 2. The lowest BCUT2D eigenvalue weighted by Gasteiger charge is -2.34. The van der Waals surface area contributed by atoms with Gasteiger partial charge in [-0.25, -0.2) is 8.42 Å². The van der Waals surface area contributed by atoms with Crippen LogP contribution in [0.5, 0.6) is 0 Å².